The number of hydrogen-bond donors (Lipinski definition) is 3. The van der Waals surface area contributed by atoms with Gasteiger partial charge >= 0.3 is 5.97 Å². The third kappa shape index (κ3) is 11.8. The van der Waals surface area contributed by atoms with Gasteiger partial charge in [-0.15, -0.1) is 0 Å². The number of nitrogens with one attached hydrogen (secondary N) is 2. The van der Waals surface area contributed by atoms with Crippen molar-refractivity contribution in [1.29, 1.82) is 0 Å². The highest BCUT2D eigenvalue weighted by Gasteiger charge is 2.18. The Labute approximate surface area is 441 Å². The van der Waals surface area contributed by atoms with Crippen LogP contribution in [0.3, 0.4) is 0 Å². The predicted molar refractivity (Wildman–Crippen MR) is 286 cm³/mol. The number of pyridine rings is 4. The first-order valence-corrected chi connectivity index (χ1v) is 24.4. The van der Waals surface area contributed by atoms with Crippen LogP contribution in [0.4, 0.5) is 17.6 Å². The number of aryl methyl sites for hydroxylation is 2. The number of carbonyl (C=O) groups excluding carboxylic acids is 3. The SMILES string of the molecule is CN(C)C(=O)c1cnc2[nH]cc(-c3cccc(CCC(=O)c4cccn(Cc5ccc(F)c(F)c5)c4=O)c3)c2c1.O=C(O)c1cnc2[nH]cc(-c3cccc(CCC(=O)c4cccn(Cc5ccc(F)c(F)c5)c4=O)c3)c2c1. The molecule has 18 heteroatoms. The minimum absolute atomic E-state index is 0.00225. The number of ketones is 2. The number of carboxylic acids is 1. The molecule has 0 saturated carbocycles. The van der Waals surface area contributed by atoms with E-state index in [9.17, 15) is 51.4 Å². The molecule has 0 aliphatic carbocycles. The summed E-state index contributed by atoms with van der Waals surface area (Å²) >= 11 is 0. The van der Waals surface area contributed by atoms with E-state index in [0.717, 1.165) is 63.0 Å². The van der Waals surface area contributed by atoms with Crippen LogP contribution in [0.15, 0.2) is 168 Å². The molecular weight excluding hydrogens is 1010 g/mol. The van der Waals surface area contributed by atoms with Gasteiger partial charge in [-0.05, 0) is 107 Å². The largest absolute Gasteiger partial charge is 0.478 e. The van der Waals surface area contributed by atoms with Gasteiger partial charge in [0.15, 0.2) is 34.8 Å². The normalized spacial score (nSPS) is 11.1. The van der Waals surface area contributed by atoms with E-state index in [2.05, 4.69) is 19.9 Å². The van der Waals surface area contributed by atoms with Gasteiger partial charge in [0.1, 0.15) is 11.3 Å². The quantitative estimate of drug-likeness (QED) is 0.0624. The number of rotatable bonds is 16. The molecule has 10 rings (SSSR count). The smallest absolute Gasteiger partial charge is 0.337 e. The summed E-state index contributed by atoms with van der Waals surface area (Å²) < 4.78 is 56.2. The third-order valence-corrected chi connectivity index (χ3v) is 13.0. The molecule has 0 saturated heterocycles. The van der Waals surface area contributed by atoms with Crippen molar-refractivity contribution in [2.24, 2.45) is 0 Å². The summed E-state index contributed by atoms with van der Waals surface area (Å²) in [6.07, 6.45) is 10.4. The highest BCUT2D eigenvalue weighted by atomic mass is 19.2. The third-order valence-electron chi connectivity index (χ3n) is 13.0. The second-order valence-corrected chi connectivity index (χ2v) is 18.6. The fraction of sp³-hybridized carbons (Fsp3) is 0.133. The summed E-state index contributed by atoms with van der Waals surface area (Å²) in [4.78, 5) is 91.9. The van der Waals surface area contributed by atoms with Crippen molar-refractivity contribution in [2.45, 2.75) is 38.8 Å². The van der Waals surface area contributed by atoms with Crippen molar-refractivity contribution in [1.82, 2.24) is 34.0 Å². The number of H-pyrrole nitrogens is 2. The summed E-state index contributed by atoms with van der Waals surface area (Å²) in [5.74, 6) is -5.78. The van der Waals surface area contributed by atoms with Crippen LogP contribution in [0.5, 0.6) is 0 Å². The number of hydrogen-bond acceptors (Lipinski definition) is 8. The lowest BCUT2D eigenvalue weighted by Crippen LogP contribution is -2.26. The molecular formula is C60H47F4N7O7. The van der Waals surface area contributed by atoms with Crippen LogP contribution in [-0.2, 0) is 25.9 Å². The first-order chi connectivity index (χ1) is 37.5. The first kappa shape index (κ1) is 53.0. The Morgan fingerprint density at radius 2 is 0.987 bits per heavy atom. The van der Waals surface area contributed by atoms with Gasteiger partial charge in [0.25, 0.3) is 17.0 Å². The number of benzene rings is 4. The van der Waals surface area contributed by atoms with E-state index in [1.165, 1.54) is 56.9 Å². The number of halogens is 4. The number of nitrogens with zero attached hydrogens (tertiary/aromatic N) is 5. The van der Waals surface area contributed by atoms with Crippen LogP contribution in [0.25, 0.3) is 44.3 Å². The van der Waals surface area contributed by atoms with Gasteiger partial charge in [0.05, 0.1) is 35.3 Å². The Morgan fingerprint density at radius 3 is 1.42 bits per heavy atom. The summed E-state index contributed by atoms with van der Waals surface area (Å²) in [5, 5.41) is 10.8. The molecule has 10 aromatic rings. The maximum atomic E-state index is 13.6. The Balaban J connectivity index is 0.000000190. The minimum Gasteiger partial charge on any atom is -0.478 e. The molecule has 0 fully saturated rings. The second kappa shape index (κ2) is 23.0. The van der Waals surface area contributed by atoms with Crippen LogP contribution >= 0.6 is 0 Å². The molecule has 78 heavy (non-hydrogen) atoms. The van der Waals surface area contributed by atoms with Crippen LogP contribution in [0, 0.1) is 23.3 Å². The van der Waals surface area contributed by atoms with Crippen molar-refractivity contribution in [3.8, 4) is 22.3 Å². The van der Waals surface area contributed by atoms with E-state index in [1.54, 1.807) is 44.7 Å². The van der Waals surface area contributed by atoms with Gasteiger partial charge in [-0.3, -0.25) is 24.0 Å². The van der Waals surface area contributed by atoms with E-state index in [1.807, 2.05) is 60.8 Å². The van der Waals surface area contributed by atoms with Crippen LogP contribution in [-0.4, -0.2) is 76.6 Å². The number of carbonyl (C=O) groups is 4. The van der Waals surface area contributed by atoms with E-state index >= 15 is 0 Å². The topological polar surface area (TPSA) is 193 Å². The van der Waals surface area contributed by atoms with Crippen molar-refractivity contribution in [3.63, 3.8) is 0 Å². The predicted octanol–water partition coefficient (Wildman–Crippen LogP) is 10.5. The van der Waals surface area contributed by atoms with E-state index in [-0.39, 0.29) is 60.1 Å². The Kier molecular flexibility index (Phi) is 15.6. The number of Topliss-reactive ketones (excluding diaryl/α,β-unsaturated/α-hetero) is 2. The Bertz CT molecular complexity index is 4090. The molecule has 0 spiro atoms. The number of fused-ring (bicyclic) bond motifs is 2. The Hall–Kier alpha value is -9.84. The lowest BCUT2D eigenvalue weighted by atomic mass is 9.98. The Morgan fingerprint density at radius 1 is 0.538 bits per heavy atom. The highest BCUT2D eigenvalue weighted by Crippen LogP contribution is 2.31. The van der Waals surface area contributed by atoms with Crippen molar-refractivity contribution >= 4 is 45.5 Å². The second-order valence-electron chi connectivity index (χ2n) is 18.6. The molecule has 0 aliphatic rings. The molecule has 6 heterocycles. The summed E-state index contributed by atoms with van der Waals surface area (Å²) in [6, 6.07) is 31.6. The van der Waals surface area contributed by atoms with Gasteiger partial charge in [0, 0.05) is 86.0 Å². The molecule has 14 nitrogen and oxygen atoms in total. The van der Waals surface area contributed by atoms with Crippen LogP contribution in [0.2, 0.25) is 0 Å². The van der Waals surface area contributed by atoms with E-state index in [4.69, 9.17) is 0 Å². The molecule has 0 radical (unpaired) electrons. The molecule has 0 bridgehead atoms. The molecule has 0 aliphatic heterocycles. The maximum Gasteiger partial charge on any atom is 0.337 e. The first-order valence-electron chi connectivity index (χ1n) is 24.4. The summed E-state index contributed by atoms with van der Waals surface area (Å²) in [5.41, 5.74) is 6.86. The lowest BCUT2D eigenvalue weighted by molar-refractivity contribution is 0.0695. The average Bonchev–Trinajstić information content (AvgIpc) is 4.18. The van der Waals surface area contributed by atoms with Gasteiger partial charge < -0.3 is 29.1 Å². The molecule has 0 unspecified atom stereocenters. The molecule has 0 atom stereocenters. The highest BCUT2D eigenvalue weighted by molar-refractivity contribution is 6.02. The zero-order valence-electron chi connectivity index (χ0n) is 41.9. The van der Waals surface area contributed by atoms with Gasteiger partial charge in [-0.1, -0.05) is 60.7 Å². The molecule has 4 aromatic carbocycles. The van der Waals surface area contributed by atoms with Crippen LogP contribution in [0.1, 0.15) is 76.5 Å². The van der Waals surface area contributed by atoms with Gasteiger partial charge in [-0.2, -0.15) is 0 Å². The lowest BCUT2D eigenvalue weighted by Gasteiger charge is -2.10. The number of carboxylic acid groups (broad SMARTS) is 1. The number of aromatic amines is 2. The van der Waals surface area contributed by atoms with Crippen molar-refractivity contribution in [3.05, 3.63) is 247 Å². The van der Waals surface area contributed by atoms with Gasteiger partial charge in [0.2, 0.25) is 0 Å². The molecule has 1 amide bonds. The summed E-state index contributed by atoms with van der Waals surface area (Å²) in [7, 11) is 3.37. The van der Waals surface area contributed by atoms with Crippen molar-refractivity contribution in [2.75, 3.05) is 14.1 Å². The fourth-order valence-electron chi connectivity index (χ4n) is 8.97. The standard InChI is InChI=1S/C31H26F2N4O3.C29H21F2N3O4/c1-36(2)30(39)22-15-24-25(17-35-29(24)34-16-22)21-6-3-5-19(13-21)9-11-28(38)23-7-4-12-37(31(23)40)18-20-8-10-26(32)27(33)14-20;30-24-8-6-18(12-25(24)31)16-34-10-2-5-21(28(34)36)26(35)9-7-17-3-1-4-19(11-17)23-15-33-27-22(23)13-20(14-32-27)29(37)38/h3-8,10,12-17H,9,11,18H2,1-2H3,(H,34,35);1-6,8,10-15H,7,9,16H2,(H,32,33)(H,37,38). The van der Waals surface area contributed by atoms with Gasteiger partial charge in [-0.25, -0.2) is 32.3 Å². The molecule has 6 aromatic heterocycles. The number of aromatic nitrogens is 6. The summed E-state index contributed by atoms with van der Waals surface area (Å²) in [6.45, 7) is 0.0167. The van der Waals surface area contributed by atoms with E-state index < -0.39 is 40.4 Å². The zero-order valence-corrected chi connectivity index (χ0v) is 41.9. The fourth-order valence-corrected chi connectivity index (χ4v) is 8.97. The average molecular weight is 1050 g/mol. The monoisotopic (exact) mass is 1050 g/mol. The molecule has 392 valence electrons. The van der Waals surface area contributed by atoms with Crippen LogP contribution < -0.4 is 11.1 Å². The minimum atomic E-state index is -1.07. The van der Waals surface area contributed by atoms with Crippen molar-refractivity contribution < 1.29 is 41.8 Å². The number of aromatic carboxylic acids is 1. The van der Waals surface area contributed by atoms with E-state index in [0.29, 0.717) is 46.2 Å². The maximum absolute atomic E-state index is 13.6. The molecule has 3 N–H and O–H groups in total. The number of amides is 1. The zero-order chi connectivity index (χ0) is 55.2.